The fraction of sp³-hybridized carbons (Fsp3) is 0.333. The van der Waals surface area contributed by atoms with E-state index in [4.69, 9.17) is 5.11 Å². The van der Waals surface area contributed by atoms with Crippen molar-refractivity contribution in [3.05, 3.63) is 42.1 Å². The Bertz CT molecular complexity index is 627. The van der Waals surface area contributed by atoms with E-state index in [-0.39, 0.29) is 0 Å². The molecule has 1 aromatic heterocycles. The first-order chi connectivity index (χ1) is 9.07. The van der Waals surface area contributed by atoms with E-state index in [0.717, 1.165) is 16.5 Å². The lowest BCUT2D eigenvalue weighted by molar-refractivity contribution is -0.158. The van der Waals surface area contributed by atoms with Gasteiger partial charge in [-0.25, -0.2) is 0 Å². The third-order valence-corrected chi connectivity index (χ3v) is 3.86. The number of pyridine rings is 1. The van der Waals surface area contributed by atoms with E-state index in [1.54, 1.807) is 6.20 Å². The number of nitrogens with zero attached hydrogens (tertiary/aromatic N) is 1. The molecular weight excluding hydrogens is 242 g/mol. The highest BCUT2D eigenvalue weighted by Gasteiger charge is 2.46. The number of fused-ring (bicyclic) bond motifs is 1. The number of aromatic nitrogens is 1. The molecule has 2 aromatic rings. The summed E-state index contributed by atoms with van der Waals surface area (Å²) in [5, 5.41) is 20.3. The van der Waals surface area contributed by atoms with Gasteiger partial charge in [-0.05, 0) is 30.5 Å². The largest absolute Gasteiger partial charge is 0.481 e. The van der Waals surface area contributed by atoms with Gasteiger partial charge in [0.25, 0.3) is 0 Å². The zero-order valence-electron chi connectivity index (χ0n) is 10.4. The SMILES string of the molecule is O=C(O)C1CC(O)(Cc2ccnc3ccccc23)C1. The zero-order valence-corrected chi connectivity index (χ0v) is 10.4. The van der Waals surface area contributed by atoms with Gasteiger partial charge >= 0.3 is 5.97 Å². The van der Waals surface area contributed by atoms with Gasteiger partial charge in [0.2, 0.25) is 0 Å². The first-order valence-electron chi connectivity index (χ1n) is 6.35. The summed E-state index contributed by atoms with van der Waals surface area (Å²) in [6, 6.07) is 9.68. The summed E-state index contributed by atoms with van der Waals surface area (Å²) >= 11 is 0. The summed E-state index contributed by atoms with van der Waals surface area (Å²) in [6.07, 6.45) is 2.88. The number of carboxylic acids is 1. The molecule has 0 amide bonds. The number of aliphatic hydroxyl groups is 1. The molecule has 1 aromatic carbocycles. The number of hydrogen-bond donors (Lipinski definition) is 2. The van der Waals surface area contributed by atoms with Gasteiger partial charge in [-0.3, -0.25) is 9.78 Å². The molecule has 4 nitrogen and oxygen atoms in total. The van der Waals surface area contributed by atoms with Crippen LogP contribution in [0.2, 0.25) is 0 Å². The van der Waals surface area contributed by atoms with Gasteiger partial charge in [0, 0.05) is 18.0 Å². The Labute approximate surface area is 110 Å². The number of benzene rings is 1. The fourth-order valence-corrected chi connectivity index (χ4v) is 2.84. The Morgan fingerprint density at radius 2 is 2.05 bits per heavy atom. The molecule has 98 valence electrons. The lowest BCUT2D eigenvalue weighted by Crippen LogP contribution is -2.48. The normalized spacial score (nSPS) is 26.1. The van der Waals surface area contributed by atoms with Crippen molar-refractivity contribution in [1.82, 2.24) is 4.98 Å². The first kappa shape index (κ1) is 12.1. The summed E-state index contributed by atoms with van der Waals surface area (Å²) in [4.78, 5) is 15.1. The number of carbonyl (C=O) groups is 1. The molecule has 0 atom stereocenters. The molecule has 0 unspecified atom stereocenters. The highest BCUT2D eigenvalue weighted by Crippen LogP contribution is 2.41. The van der Waals surface area contributed by atoms with Crippen molar-refractivity contribution in [2.75, 3.05) is 0 Å². The molecule has 19 heavy (non-hydrogen) atoms. The van der Waals surface area contributed by atoms with Gasteiger partial charge in [-0.2, -0.15) is 0 Å². The summed E-state index contributed by atoms with van der Waals surface area (Å²) < 4.78 is 0. The number of rotatable bonds is 3. The quantitative estimate of drug-likeness (QED) is 0.882. The van der Waals surface area contributed by atoms with Crippen LogP contribution in [-0.2, 0) is 11.2 Å². The average Bonchev–Trinajstić information content (AvgIpc) is 2.36. The van der Waals surface area contributed by atoms with Crippen LogP contribution in [0.15, 0.2) is 36.5 Å². The Kier molecular flexibility index (Phi) is 2.75. The fourth-order valence-electron chi connectivity index (χ4n) is 2.84. The highest BCUT2D eigenvalue weighted by molar-refractivity contribution is 5.82. The second kappa shape index (κ2) is 4.31. The number of carboxylic acid groups (broad SMARTS) is 1. The summed E-state index contributed by atoms with van der Waals surface area (Å²) in [5.41, 5.74) is 1.04. The van der Waals surface area contributed by atoms with Crippen LogP contribution in [0.4, 0.5) is 0 Å². The van der Waals surface area contributed by atoms with Crippen molar-refractivity contribution < 1.29 is 15.0 Å². The monoisotopic (exact) mass is 257 g/mol. The van der Waals surface area contributed by atoms with Crippen LogP contribution < -0.4 is 0 Å². The lowest BCUT2D eigenvalue weighted by atomic mass is 9.68. The average molecular weight is 257 g/mol. The molecular formula is C15H15NO3. The molecule has 1 saturated carbocycles. The Hall–Kier alpha value is -1.94. The molecule has 4 heteroatoms. The standard InChI is InChI=1S/C15H15NO3/c17-14(18)11-8-15(19,9-11)7-10-5-6-16-13-4-2-1-3-12(10)13/h1-6,11,19H,7-9H2,(H,17,18). The minimum absolute atomic E-state index is 0.332. The molecule has 1 heterocycles. The molecule has 0 aliphatic heterocycles. The Balaban J connectivity index is 1.85. The van der Waals surface area contributed by atoms with Gasteiger partial charge < -0.3 is 10.2 Å². The number of para-hydroxylation sites is 1. The van der Waals surface area contributed by atoms with E-state index >= 15 is 0 Å². The van der Waals surface area contributed by atoms with Crippen LogP contribution >= 0.6 is 0 Å². The second-order valence-electron chi connectivity index (χ2n) is 5.33. The van der Waals surface area contributed by atoms with E-state index in [1.807, 2.05) is 30.3 Å². The van der Waals surface area contributed by atoms with Crippen LogP contribution in [0.25, 0.3) is 10.9 Å². The highest BCUT2D eigenvalue weighted by atomic mass is 16.4. The molecule has 0 spiro atoms. The van der Waals surface area contributed by atoms with Crippen LogP contribution in [0.3, 0.4) is 0 Å². The predicted octanol–water partition coefficient (Wildman–Crippen LogP) is 2.00. The smallest absolute Gasteiger partial charge is 0.306 e. The van der Waals surface area contributed by atoms with E-state index in [0.29, 0.717) is 19.3 Å². The van der Waals surface area contributed by atoms with E-state index < -0.39 is 17.5 Å². The number of hydrogen-bond acceptors (Lipinski definition) is 3. The van der Waals surface area contributed by atoms with Crippen LogP contribution in [0.1, 0.15) is 18.4 Å². The maximum absolute atomic E-state index is 10.8. The summed E-state index contributed by atoms with van der Waals surface area (Å²) in [7, 11) is 0. The maximum atomic E-state index is 10.8. The topological polar surface area (TPSA) is 70.4 Å². The molecule has 1 fully saturated rings. The van der Waals surface area contributed by atoms with Crippen molar-refractivity contribution in [3.8, 4) is 0 Å². The Morgan fingerprint density at radius 1 is 1.32 bits per heavy atom. The van der Waals surface area contributed by atoms with Crippen LogP contribution in [-0.4, -0.2) is 26.8 Å². The van der Waals surface area contributed by atoms with Crippen molar-refractivity contribution >= 4 is 16.9 Å². The van der Waals surface area contributed by atoms with Gasteiger partial charge in [-0.1, -0.05) is 18.2 Å². The third-order valence-electron chi connectivity index (χ3n) is 3.86. The lowest BCUT2D eigenvalue weighted by Gasteiger charge is -2.41. The number of aliphatic carboxylic acids is 1. The molecule has 2 N–H and O–H groups in total. The molecule has 0 saturated heterocycles. The summed E-state index contributed by atoms with van der Waals surface area (Å²) in [6.45, 7) is 0. The van der Waals surface area contributed by atoms with Gasteiger partial charge in [0.1, 0.15) is 0 Å². The van der Waals surface area contributed by atoms with Gasteiger partial charge in [0.05, 0.1) is 17.0 Å². The zero-order chi connectivity index (χ0) is 13.5. The molecule has 1 aliphatic carbocycles. The summed E-state index contributed by atoms with van der Waals surface area (Å²) in [5.74, 6) is -1.22. The van der Waals surface area contributed by atoms with E-state index in [9.17, 15) is 9.90 Å². The van der Waals surface area contributed by atoms with Crippen molar-refractivity contribution in [1.29, 1.82) is 0 Å². The van der Waals surface area contributed by atoms with Crippen LogP contribution in [0.5, 0.6) is 0 Å². The molecule has 1 aliphatic rings. The molecule has 0 bridgehead atoms. The molecule has 3 rings (SSSR count). The van der Waals surface area contributed by atoms with Gasteiger partial charge in [0.15, 0.2) is 0 Å². The van der Waals surface area contributed by atoms with Crippen molar-refractivity contribution in [2.24, 2.45) is 5.92 Å². The minimum atomic E-state index is -0.882. The van der Waals surface area contributed by atoms with E-state index in [1.165, 1.54) is 0 Å². The Morgan fingerprint density at radius 3 is 2.79 bits per heavy atom. The predicted molar refractivity (Wildman–Crippen MR) is 70.8 cm³/mol. The maximum Gasteiger partial charge on any atom is 0.306 e. The van der Waals surface area contributed by atoms with Crippen LogP contribution in [0, 0.1) is 5.92 Å². The van der Waals surface area contributed by atoms with Gasteiger partial charge in [-0.15, -0.1) is 0 Å². The first-order valence-corrected chi connectivity index (χ1v) is 6.35. The van der Waals surface area contributed by atoms with Crippen molar-refractivity contribution in [2.45, 2.75) is 24.9 Å². The van der Waals surface area contributed by atoms with Crippen molar-refractivity contribution in [3.63, 3.8) is 0 Å². The van der Waals surface area contributed by atoms with E-state index in [2.05, 4.69) is 4.98 Å². The second-order valence-corrected chi connectivity index (χ2v) is 5.33. The minimum Gasteiger partial charge on any atom is -0.481 e. The third kappa shape index (κ3) is 2.19. The molecule has 0 radical (unpaired) electrons.